The average Bonchev–Trinajstić information content (AvgIpc) is 3.13. The van der Waals surface area contributed by atoms with E-state index in [-0.39, 0.29) is 23.3 Å². The lowest BCUT2D eigenvalue weighted by Gasteiger charge is -2.24. The fourth-order valence-electron chi connectivity index (χ4n) is 4.72. The monoisotopic (exact) mass is 312 g/mol. The number of likely N-dealkylation sites (N-methyl/N-ethyl adjacent to an activating group) is 1. The summed E-state index contributed by atoms with van der Waals surface area (Å²) in [5.41, 5.74) is 3.85. The van der Waals surface area contributed by atoms with Gasteiger partial charge >= 0.3 is 0 Å². The summed E-state index contributed by atoms with van der Waals surface area (Å²) in [7, 11) is 1.81. The van der Waals surface area contributed by atoms with E-state index in [9.17, 15) is 9.59 Å². The third kappa shape index (κ3) is 2.03. The zero-order chi connectivity index (χ0) is 16.4. The van der Waals surface area contributed by atoms with E-state index >= 15 is 0 Å². The smallest absolute Gasteiger partial charge is 0.256 e. The molecule has 0 N–H and O–H groups in total. The number of carbonyl (C=O) groups excluding carboxylic acids is 2. The van der Waals surface area contributed by atoms with Gasteiger partial charge in [-0.05, 0) is 61.8 Å². The van der Waals surface area contributed by atoms with Crippen LogP contribution in [0, 0.1) is 19.3 Å². The maximum absolute atomic E-state index is 13.2. The van der Waals surface area contributed by atoms with Crippen LogP contribution in [-0.2, 0) is 4.79 Å². The van der Waals surface area contributed by atoms with E-state index in [0.717, 1.165) is 42.6 Å². The molecule has 3 aliphatic rings. The fraction of sp³-hybridized carbons (Fsp3) is 0.579. The molecule has 1 saturated carbocycles. The van der Waals surface area contributed by atoms with Crippen LogP contribution in [0.4, 0.5) is 5.69 Å². The SMILES string of the molecule is Cc1cc2c(cc1C)N(C)C(=O)[C@@H]1CC3(CCCC3)CN1C2=O. The van der Waals surface area contributed by atoms with Crippen LogP contribution in [0.1, 0.15) is 53.6 Å². The summed E-state index contributed by atoms with van der Waals surface area (Å²) >= 11 is 0. The molecule has 0 radical (unpaired) electrons. The standard InChI is InChI=1S/C19H24N2O2/c1-12-8-14-15(9-13(12)2)20(3)18(23)16-10-19(6-4-5-7-19)11-21(16)17(14)22/h8-9,16H,4-7,10-11H2,1-3H3/t16-/m0/s1. The van der Waals surface area contributed by atoms with Crippen molar-refractivity contribution in [3.63, 3.8) is 0 Å². The first-order valence-corrected chi connectivity index (χ1v) is 8.62. The molecule has 2 amide bonds. The van der Waals surface area contributed by atoms with Crippen molar-refractivity contribution >= 4 is 17.5 Å². The number of benzene rings is 1. The van der Waals surface area contributed by atoms with Gasteiger partial charge in [-0.15, -0.1) is 0 Å². The number of anilines is 1. The molecule has 4 rings (SSSR count). The number of aryl methyl sites for hydroxylation is 2. The van der Waals surface area contributed by atoms with Crippen LogP contribution >= 0.6 is 0 Å². The topological polar surface area (TPSA) is 40.6 Å². The number of nitrogens with zero attached hydrogens (tertiary/aromatic N) is 2. The van der Waals surface area contributed by atoms with E-state index in [1.807, 2.05) is 37.9 Å². The van der Waals surface area contributed by atoms with Crippen molar-refractivity contribution in [2.24, 2.45) is 5.41 Å². The normalized spacial score (nSPS) is 25.8. The Bertz CT molecular complexity index is 704. The number of fused-ring (bicyclic) bond motifs is 2. The van der Waals surface area contributed by atoms with E-state index in [1.54, 1.807) is 4.90 Å². The van der Waals surface area contributed by atoms with Crippen LogP contribution < -0.4 is 4.90 Å². The number of hydrogen-bond acceptors (Lipinski definition) is 2. The molecule has 0 bridgehead atoms. The Hall–Kier alpha value is -1.84. The number of rotatable bonds is 0. The lowest BCUT2D eigenvalue weighted by molar-refractivity contribution is -0.121. The van der Waals surface area contributed by atoms with Gasteiger partial charge in [-0.25, -0.2) is 0 Å². The van der Waals surface area contributed by atoms with Gasteiger partial charge in [-0.2, -0.15) is 0 Å². The van der Waals surface area contributed by atoms with Crippen LogP contribution in [-0.4, -0.2) is 36.3 Å². The molecule has 4 nitrogen and oxygen atoms in total. The maximum atomic E-state index is 13.2. The molecule has 0 aromatic heterocycles. The van der Waals surface area contributed by atoms with Gasteiger partial charge in [0.2, 0.25) is 5.91 Å². The highest BCUT2D eigenvalue weighted by Crippen LogP contribution is 2.49. The van der Waals surface area contributed by atoms with Gasteiger partial charge in [0.05, 0.1) is 11.3 Å². The van der Waals surface area contributed by atoms with Gasteiger partial charge in [0.25, 0.3) is 5.91 Å². The largest absolute Gasteiger partial charge is 0.326 e. The summed E-state index contributed by atoms with van der Waals surface area (Å²) in [5.74, 6) is 0.110. The second-order valence-corrected chi connectivity index (χ2v) is 7.71. The highest BCUT2D eigenvalue weighted by molar-refractivity contribution is 6.11. The first-order valence-electron chi connectivity index (χ1n) is 8.62. The van der Waals surface area contributed by atoms with Crippen molar-refractivity contribution in [3.05, 3.63) is 28.8 Å². The molecule has 1 spiro atoms. The molecule has 122 valence electrons. The highest BCUT2D eigenvalue weighted by atomic mass is 16.2. The van der Waals surface area contributed by atoms with Crippen LogP contribution in [0.15, 0.2) is 12.1 Å². The third-order valence-corrected chi connectivity index (χ3v) is 6.25. The molecular weight excluding hydrogens is 288 g/mol. The minimum Gasteiger partial charge on any atom is -0.326 e. The maximum Gasteiger partial charge on any atom is 0.256 e. The van der Waals surface area contributed by atoms with Crippen molar-refractivity contribution in [2.45, 2.75) is 52.0 Å². The summed E-state index contributed by atoms with van der Waals surface area (Å²) in [6, 6.07) is 3.66. The summed E-state index contributed by atoms with van der Waals surface area (Å²) in [6.07, 6.45) is 5.61. The van der Waals surface area contributed by atoms with E-state index in [4.69, 9.17) is 0 Å². The molecule has 2 aliphatic heterocycles. The van der Waals surface area contributed by atoms with E-state index in [2.05, 4.69) is 0 Å². The van der Waals surface area contributed by atoms with Crippen LogP contribution in [0.2, 0.25) is 0 Å². The summed E-state index contributed by atoms with van der Waals surface area (Å²) in [4.78, 5) is 29.7. The Morgan fingerprint density at radius 2 is 1.74 bits per heavy atom. The van der Waals surface area contributed by atoms with Gasteiger partial charge in [-0.1, -0.05) is 12.8 Å². The molecule has 2 heterocycles. The quantitative estimate of drug-likeness (QED) is 0.739. The molecule has 2 fully saturated rings. The Labute approximate surface area is 137 Å². The molecule has 1 aliphatic carbocycles. The molecule has 1 aromatic carbocycles. The fourth-order valence-corrected chi connectivity index (χ4v) is 4.72. The molecular formula is C19H24N2O2. The second-order valence-electron chi connectivity index (χ2n) is 7.71. The van der Waals surface area contributed by atoms with Gasteiger partial charge < -0.3 is 9.80 Å². The van der Waals surface area contributed by atoms with Crippen molar-refractivity contribution < 1.29 is 9.59 Å². The second kappa shape index (κ2) is 4.83. The van der Waals surface area contributed by atoms with E-state index in [0.29, 0.717) is 5.56 Å². The zero-order valence-electron chi connectivity index (χ0n) is 14.2. The Kier molecular flexibility index (Phi) is 3.09. The Morgan fingerprint density at radius 1 is 1.09 bits per heavy atom. The summed E-state index contributed by atoms with van der Waals surface area (Å²) < 4.78 is 0. The van der Waals surface area contributed by atoms with Gasteiger partial charge in [0, 0.05) is 13.6 Å². The van der Waals surface area contributed by atoms with Crippen molar-refractivity contribution in [1.82, 2.24) is 4.90 Å². The highest BCUT2D eigenvalue weighted by Gasteiger charge is 2.52. The lowest BCUT2D eigenvalue weighted by Crippen LogP contribution is -2.43. The Balaban J connectivity index is 1.82. The molecule has 1 saturated heterocycles. The minimum absolute atomic E-state index is 0.0366. The summed E-state index contributed by atoms with van der Waals surface area (Å²) in [5, 5.41) is 0. The molecule has 4 heteroatoms. The van der Waals surface area contributed by atoms with Crippen molar-refractivity contribution in [3.8, 4) is 0 Å². The van der Waals surface area contributed by atoms with Crippen LogP contribution in [0.25, 0.3) is 0 Å². The zero-order valence-corrected chi connectivity index (χ0v) is 14.2. The molecule has 1 aromatic rings. The van der Waals surface area contributed by atoms with Crippen molar-refractivity contribution in [1.29, 1.82) is 0 Å². The minimum atomic E-state index is -0.279. The molecule has 0 unspecified atom stereocenters. The van der Waals surface area contributed by atoms with Crippen LogP contribution in [0.5, 0.6) is 0 Å². The van der Waals surface area contributed by atoms with Crippen molar-refractivity contribution in [2.75, 3.05) is 18.5 Å². The molecule has 1 atom stereocenters. The number of hydrogen-bond donors (Lipinski definition) is 0. The first-order chi connectivity index (χ1) is 10.9. The third-order valence-electron chi connectivity index (χ3n) is 6.25. The number of carbonyl (C=O) groups is 2. The van der Waals surface area contributed by atoms with Gasteiger partial charge in [0.15, 0.2) is 0 Å². The lowest BCUT2D eigenvalue weighted by atomic mass is 9.83. The summed E-state index contributed by atoms with van der Waals surface area (Å²) in [6.45, 7) is 4.80. The first kappa shape index (κ1) is 14.7. The van der Waals surface area contributed by atoms with E-state index < -0.39 is 0 Å². The molecule has 23 heavy (non-hydrogen) atoms. The Morgan fingerprint density at radius 3 is 2.43 bits per heavy atom. The van der Waals surface area contributed by atoms with E-state index in [1.165, 1.54) is 12.8 Å². The predicted octanol–water partition coefficient (Wildman–Crippen LogP) is 3.05. The average molecular weight is 312 g/mol. The van der Waals surface area contributed by atoms with Gasteiger partial charge in [0.1, 0.15) is 6.04 Å². The number of amides is 2. The van der Waals surface area contributed by atoms with Gasteiger partial charge in [-0.3, -0.25) is 9.59 Å². The predicted molar refractivity (Wildman–Crippen MR) is 89.7 cm³/mol. The van der Waals surface area contributed by atoms with Crippen LogP contribution in [0.3, 0.4) is 0 Å².